The van der Waals surface area contributed by atoms with Gasteiger partial charge in [-0.05, 0) is 55.0 Å². The standard InChI is InChI=1S/C17H17ClN2O5S/c1-11-9-14(7-8-15(11)18)26(23,24)19-10-16(21)20-13-5-3-12(4-6-13)17(22)25-2/h3-9,19H,10H2,1-2H3,(H,20,21). The topological polar surface area (TPSA) is 102 Å². The van der Waals surface area contributed by atoms with Crippen molar-refractivity contribution in [2.24, 2.45) is 0 Å². The SMILES string of the molecule is COC(=O)c1ccc(NC(=O)CNS(=O)(=O)c2ccc(Cl)c(C)c2)cc1. The maximum Gasteiger partial charge on any atom is 0.337 e. The van der Waals surface area contributed by atoms with Gasteiger partial charge in [-0.1, -0.05) is 11.6 Å². The number of carbonyl (C=O) groups excluding carboxylic acids is 2. The van der Waals surface area contributed by atoms with Crippen LogP contribution >= 0.6 is 11.6 Å². The lowest BCUT2D eigenvalue weighted by atomic mass is 10.2. The Morgan fingerprint density at radius 1 is 1.12 bits per heavy atom. The highest BCUT2D eigenvalue weighted by Crippen LogP contribution is 2.19. The van der Waals surface area contributed by atoms with Crippen molar-refractivity contribution in [1.29, 1.82) is 0 Å². The van der Waals surface area contributed by atoms with Gasteiger partial charge in [0.05, 0.1) is 24.1 Å². The molecule has 0 saturated heterocycles. The first-order chi connectivity index (χ1) is 12.2. The highest BCUT2D eigenvalue weighted by Gasteiger charge is 2.16. The van der Waals surface area contributed by atoms with Gasteiger partial charge in [-0.15, -0.1) is 0 Å². The maximum absolute atomic E-state index is 12.2. The van der Waals surface area contributed by atoms with Gasteiger partial charge in [0.25, 0.3) is 0 Å². The van der Waals surface area contributed by atoms with Crippen LogP contribution < -0.4 is 10.0 Å². The molecule has 0 heterocycles. The molecule has 2 aromatic rings. The Bertz CT molecular complexity index is 927. The Balaban J connectivity index is 1.97. The number of hydrogen-bond acceptors (Lipinski definition) is 5. The zero-order valence-electron chi connectivity index (χ0n) is 14.1. The first-order valence-corrected chi connectivity index (χ1v) is 9.33. The van der Waals surface area contributed by atoms with E-state index in [1.54, 1.807) is 6.92 Å². The summed E-state index contributed by atoms with van der Waals surface area (Å²) in [5.41, 5.74) is 1.37. The van der Waals surface area contributed by atoms with Gasteiger partial charge in [-0.2, -0.15) is 0 Å². The van der Waals surface area contributed by atoms with E-state index in [1.807, 2.05) is 0 Å². The van der Waals surface area contributed by atoms with Crippen molar-refractivity contribution in [3.8, 4) is 0 Å². The molecule has 0 unspecified atom stereocenters. The van der Waals surface area contributed by atoms with Gasteiger partial charge < -0.3 is 10.1 Å². The predicted octanol–water partition coefficient (Wildman–Crippen LogP) is 2.35. The molecule has 0 saturated carbocycles. The van der Waals surface area contributed by atoms with Crippen LogP contribution in [0.1, 0.15) is 15.9 Å². The number of anilines is 1. The van der Waals surface area contributed by atoms with Gasteiger partial charge in [-0.25, -0.2) is 17.9 Å². The lowest BCUT2D eigenvalue weighted by molar-refractivity contribution is -0.115. The number of halogens is 1. The highest BCUT2D eigenvalue weighted by atomic mass is 35.5. The third-order valence-electron chi connectivity index (χ3n) is 3.45. The van der Waals surface area contributed by atoms with Crippen LogP contribution in [-0.2, 0) is 19.6 Å². The molecule has 0 aromatic heterocycles. The molecule has 2 N–H and O–H groups in total. The van der Waals surface area contributed by atoms with Gasteiger partial charge in [0, 0.05) is 10.7 Å². The molecule has 26 heavy (non-hydrogen) atoms. The molecule has 0 radical (unpaired) electrons. The lowest BCUT2D eigenvalue weighted by Crippen LogP contribution is -2.32. The van der Waals surface area contributed by atoms with Gasteiger partial charge in [0.1, 0.15) is 0 Å². The fraction of sp³-hybridized carbons (Fsp3) is 0.176. The number of benzene rings is 2. The zero-order chi connectivity index (χ0) is 19.3. The maximum atomic E-state index is 12.2. The van der Waals surface area contributed by atoms with Crippen LogP contribution in [0.5, 0.6) is 0 Å². The molecule has 138 valence electrons. The summed E-state index contributed by atoms with van der Waals surface area (Å²) in [6.45, 7) is 1.24. The molecule has 0 aliphatic heterocycles. The molecule has 0 aliphatic carbocycles. The van der Waals surface area contributed by atoms with Crippen molar-refractivity contribution in [2.45, 2.75) is 11.8 Å². The van der Waals surface area contributed by atoms with E-state index in [2.05, 4.69) is 14.8 Å². The van der Waals surface area contributed by atoms with Gasteiger partial charge in [0.15, 0.2) is 0 Å². The largest absolute Gasteiger partial charge is 0.465 e. The second-order valence-corrected chi connectivity index (χ2v) is 7.53. The Morgan fingerprint density at radius 2 is 1.77 bits per heavy atom. The first-order valence-electron chi connectivity index (χ1n) is 7.47. The minimum atomic E-state index is -3.84. The highest BCUT2D eigenvalue weighted by molar-refractivity contribution is 7.89. The molecule has 2 aromatic carbocycles. The minimum Gasteiger partial charge on any atom is -0.465 e. The van der Waals surface area contributed by atoms with Crippen LogP contribution in [0, 0.1) is 6.92 Å². The van der Waals surface area contributed by atoms with Gasteiger partial charge in [-0.3, -0.25) is 4.79 Å². The monoisotopic (exact) mass is 396 g/mol. The van der Waals surface area contributed by atoms with Crippen LogP contribution in [-0.4, -0.2) is 33.9 Å². The van der Waals surface area contributed by atoms with Crippen molar-refractivity contribution in [1.82, 2.24) is 4.72 Å². The number of esters is 1. The summed E-state index contributed by atoms with van der Waals surface area (Å²) >= 11 is 5.88. The number of rotatable bonds is 6. The third-order valence-corrected chi connectivity index (χ3v) is 5.28. The van der Waals surface area contributed by atoms with Gasteiger partial charge in [0.2, 0.25) is 15.9 Å². The smallest absolute Gasteiger partial charge is 0.337 e. The minimum absolute atomic E-state index is 0.0228. The number of carbonyl (C=O) groups is 2. The van der Waals surface area contributed by atoms with E-state index < -0.39 is 28.4 Å². The summed E-state index contributed by atoms with van der Waals surface area (Å²) in [5.74, 6) is -1.04. The van der Waals surface area contributed by atoms with Crippen molar-refractivity contribution in [3.63, 3.8) is 0 Å². The van der Waals surface area contributed by atoms with E-state index in [0.717, 1.165) is 0 Å². The van der Waals surface area contributed by atoms with E-state index in [1.165, 1.54) is 49.6 Å². The van der Waals surface area contributed by atoms with Crippen molar-refractivity contribution in [3.05, 3.63) is 58.6 Å². The first kappa shape index (κ1) is 19.9. The van der Waals surface area contributed by atoms with Crippen molar-refractivity contribution < 1.29 is 22.7 Å². The van der Waals surface area contributed by atoms with Crippen LogP contribution in [0.2, 0.25) is 5.02 Å². The number of amides is 1. The summed E-state index contributed by atoms with van der Waals surface area (Å²) in [6, 6.07) is 10.3. The van der Waals surface area contributed by atoms with E-state index in [4.69, 9.17) is 11.6 Å². The molecular formula is C17H17ClN2O5S. The number of methoxy groups -OCH3 is 1. The molecule has 0 atom stereocenters. The van der Waals surface area contributed by atoms with Crippen LogP contribution in [0.4, 0.5) is 5.69 Å². The second kappa shape index (κ2) is 8.31. The normalized spacial score (nSPS) is 11.0. The predicted molar refractivity (Wildman–Crippen MR) is 97.8 cm³/mol. The molecule has 0 fully saturated rings. The number of sulfonamides is 1. The summed E-state index contributed by atoms with van der Waals surface area (Å²) in [7, 11) is -2.57. The number of hydrogen-bond donors (Lipinski definition) is 2. The lowest BCUT2D eigenvalue weighted by Gasteiger charge is -2.09. The van der Waals surface area contributed by atoms with E-state index in [0.29, 0.717) is 21.8 Å². The van der Waals surface area contributed by atoms with E-state index in [9.17, 15) is 18.0 Å². The Kier molecular flexibility index (Phi) is 6.36. The Hall–Kier alpha value is -2.42. The van der Waals surface area contributed by atoms with E-state index in [-0.39, 0.29) is 4.90 Å². The quantitative estimate of drug-likeness (QED) is 0.730. The summed E-state index contributed by atoms with van der Waals surface area (Å²) < 4.78 is 31.2. The molecule has 7 nitrogen and oxygen atoms in total. The fourth-order valence-electron chi connectivity index (χ4n) is 2.04. The Labute approximate surface area is 156 Å². The molecular weight excluding hydrogens is 380 g/mol. The number of nitrogens with one attached hydrogen (secondary N) is 2. The van der Waals surface area contributed by atoms with Crippen molar-refractivity contribution in [2.75, 3.05) is 19.0 Å². The average Bonchev–Trinajstić information content (AvgIpc) is 2.62. The van der Waals surface area contributed by atoms with Crippen LogP contribution in [0.25, 0.3) is 0 Å². The van der Waals surface area contributed by atoms with Crippen LogP contribution in [0.15, 0.2) is 47.4 Å². The fourth-order valence-corrected chi connectivity index (χ4v) is 3.23. The zero-order valence-corrected chi connectivity index (χ0v) is 15.6. The van der Waals surface area contributed by atoms with E-state index >= 15 is 0 Å². The molecule has 1 amide bonds. The van der Waals surface area contributed by atoms with Crippen LogP contribution in [0.3, 0.4) is 0 Å². The van der Waals surface area contributed by atoms with Gasteiger partial charge >= 0.3 is 5.97 Å². The molecule has 2 rings (SSSR count). The number of ether oxygens (including phenoxy) is 1. The second-order valence-electron chi connectivity index (χ2n) is 5.35. The number of aryl methyl sites for hydroxylation is 1. The Morgan fingerprint density at radius 3 is 2.35 bits per heavy atom. The summed E-state index contributed by atoms with van der Waals surface area (Å²) in [4.78, 5) is 23.3. The van der Waals surface area contributed by atoms with Crippen molar-refractivity contribution >= 4 is 39.2 Å². The average molecular weight is 397 g/mol. The summed E-state index contributed by atoms with van der Waals surface area (Å²) in [5, 5.41) is 2.99. The molecule has 0 bridgehead atoms. The molecule has 0 aliphatic rings. The molecule has 0 spiro atoms. The molecule has 9 heteroatoms. The third kappa shape index (κ3) is 5.04. The summed E-state index contributed by atoms with van der Waals surface area (Å²) in [6.07, 6.45) is 0.